The minimum Gasteiger partial charge on any atom is -0.321 e. The molecule has 88 valence electrons. The molecule has 0 spiro atoms. The number of nitrogens with one attached hydrogen (secondary N) is 1. The average Bonchev–Trinajstić information content (AvgIpc) is 2.35. The Morgan fingerprint density at radius 3 is 2.53 bits per heavy atom. The van der Waals surface area contributed by atoms with E-state index in [9.17, 15) is 4.79 Å². The van der Waals surface area contributed by atoms with Crippen LogP contribution < -0.4 is 5.56 Å². The lowest BCUT2D eigenvalue weighted by Crippen LogP contribution is -2.14. The van der Waals surface area contributed by atoms with Crippen molar-refractivity contribution in [2.75, 3.05) is 5.33 Å². The van der Waals surface area contributed by atoms with Crippen molar-refractivity contribution in [2.45, 2.75) is 6.42 Å². The number of aryl methyl sites for hydroxylation is 1. The number of rotatable bonds is 3. The topological polar surface area (TPSA) is 32.9 Å². The lowest BCUT2D eigenvalue weighted by Gasteiger charge is -2.06. The van der Waals surface area contributed by atoms with Gasteiger partial charge in [-0.1, -0.05) is 46.3 Å². The minimum absolute atomic E-state index is 0.0218. The van der Waals surface area contributed by atoms with Crippen LogP contribution in [0, 0.1) is 0 Å². The third-order valence-electron chi connectivity index (χ3n) is 2.50. The molecule has 2 aromatic rings. The fourth-order valence-corrected chi connectivity index (χ4v) is 2.68. The molecule has 0 radical (unpaired) electrons. The van der Waals surface area contributed by atoms with Gasteiger partial charge in [-0.25, -0.2) is 0 Å². The molecule has 0 aliphatic heterocycles. The Morgan fingerprint density at radius 2 is 1.88 bits per heavy atom. The predicted octanol–water partition coefficient (Wildman–Crippen LogP) is 3.74. The lowest BCUT2D eigenvalue weighted by atomic mass is 10.1. The van der Waals surface area contributed by atoms with Crippen LogP contribution in [0.5, 0.6) is 0 Å². The van der Waals surface area contributed by atoms with Crippen molar-refractivity contribution < 1.29 is 0 Å². The van der Waals surface area contributed by atoms with Crippen LogP contribution in [0.25, 0.3) is 11.3 Å². The van der Waals surface area contributed by atoms with Crippen LogP contribution in [0.3, 0.4) is 0 Å². The lowest BCUT2D eigenvalue weighted by molar-refractivity contribution is 1.07. The fourth-order valence-electron chi connectivity index (χ4n) is 1.65. The van der Waals surface area contributed by atoms with Crippen LogP contribution in [0.2, 0.25) is 0 Å². The van der Waals surface area contributed by atoms with Crippen molar-refractivity contribution in [2.24, 2.45) is 0 Å². The number of hydrogen-bond acceptors (Lipinski definition) is 1. The van der Waals surface area contributed by atoms with E-state index in [2.05, 4.69) is 36.8 Å². The van der Waals surface area contributed by atoms with Gasteiger partial charge in [0.1, 0.15) is 0 Å². The average molecular weight is 357 g/mol. The Morgan fingerprint density at radius 1 is 1.18 bits per heavy atom. The molecule has 0 atom stereocenters. The summed E-state index contributed by atoms with van der Waals surface area (Å²) in [7, 11) is 0. The zero-order valence-corrected chi connectivity index (χ0v) is 12.2. The molecule has 1 aromatic heterocycles. The van der Waals surface area contributed by atoms with Gasteiger partial charge in [0.05, 0.1) is 5.69 Å². The predicted molar refractivity (Wildman–Crippen MR) is 77.7 cm³/mol. The Bertz CT molecular complexity index is 563. The van der Waals surface area contributed by atoms with Gasteiger partial charge in [-0.3, -0.25) is 4.79 Å². The summed E-state index contributed by atoms with van der Waals surface area (Å²) in [6.07, 6.45) is 0.725. The molecular weight excluding hydrogens is 346 g/mol. The van der Waals surface area contributed by atoms with E-state index in [4.69, 9.17) is 0 Å². The van der Waals surface area contributed by atoms with E-state index >= 15 is 0 Å². The summed E-state index contributed by atoms with van der Waals surface area (Å²) >= 11 is 6.84. The number of H-pyrrole nitrogens is 1. The highest BCUT2D eigenvalue weighted by Gasteiger charge is 2.07. The van der Waals surface area contributed by atoms with Crippen LogP contribution >= 0.6 is 31.9 Å². The molecule has 0 aliphatic carbocycles. The number of pyridine rings is 1. The molecule has 1 aromatic carbocycles. The van der Waals surface area contributed by atoms with Gasteiger partial charge >= 0.3 is 0 Å². The zero-order chi connectivity index (χ0) is 12.3. The highest BCUT2D eigenvalue weighted by atomic mass is 79.9. The van der Waals surface area contributed by atoms with Crippen LogP contribution in [-0.2, 0) is 6.42 Å². The molecule has 0 aliphatic rings. The second-order valence-corrected chi connectivity index (χ2v) is 5.30. The molecule has 17 heavy (non-hydrogen) atoms. The summed E-state index contributed by atoms with van der Waals surface area (Å²) in [5, 5.41) is 0.785. The number of halogens is 2. The molecule has 0 amide bonds. The summed E-state index contributed by atoms with van der Waals surface area (Å²) in [6, 6.07) is 11.7. The number of aromatic amines is 1. The third-order valence-corrected chi connectivity index (χ3v) is 3.52. The van der Waals surface area contributed by atoms with E-state index in [1.54, 1.807) is 0 Å². The Labute approximate surface area is 116 Å². The molecular formula is C13H11Br2NO. The molecule has 2 rings (SSSR count). The Hall–Kier alpha value is -0.870. The molecule has 0 bridgehead atoms. The van der Waals surface area contributed by atoms with Crippen molar-refractivity contribution in [1.29, 1.82) is 0 Å². The number of hydrogen-bond donors (Lipinski definition) is 1. The highest BCUT2D eigenvalue weighted by molar-refractivity contribution is 9.10. The summed E-state index contributed by atoms with van der Waals surface area (Å²) in [5.41, 5.74) is 2.59. The van der Waals surface area contributed by atoms with Gasteiger partial charge in [-0.2, -0.15) is 0 Å². The summed E-state index contributed by atoms with van der Waals surface area (Å²) in [5.74, 6) is 0. The van der Waals surface area contributed by atoms with Crippen molar-refractivity contribution in [3.05, 3.63) is 56.8 Å². The van der Waals surface area contributed by atoms with E-state index in [1.165, 1.54) is 0 Å². The van der Waals surface area contributed by atoms with Crippen LogP contribution in [0.15, 0.2) is 45.7 Å². The fraction of sp³-hybridized carbons (Fsp3) is 0.154. The van der Waals surface area contributed by atoms with Crippen LogP contribution in [-0.4, -0.2) is 10.3 Å². The third kappa shape index (κ3) is 2.87. The summed E-state index contributed by atoms with van der Waals surface area (Å²) in [6.45, 7) is 0. The Balaban J connectivity index is 2.51. The van der Waals surface area contributed by atoms with Crippen molar-refractivity contribution >= 4 is 31.9 Å². The Kier molecular flexibility index (Phi) is 4.18. The first-order valence-corrected chi connectivity index (χ1v) is 7.17. The van der Waals surface area contributed by atoms with Gasteiger partial charge in [0.2, 0.25) is 0 Å². The van der Waals surface area contributed by atoms with E-state index in [0.717, 1.165) is 33.0 Å². The molecule has 4 heteroatoms. The monoisotopic (exact) mass is 355 g/mol. The number of benzene rings is 1. The van der Waals surface area contributed by atoms with Gasteiger partial charge in [0.15, 0.2) is 0 Å². The second kappa shape index (κ2) is 5.65. The zero-order valence-electron chi connectivity index (χ0n) is 9.04. The molecule has 1 heterocycles. The quantitative estimate of drug-likeness (QED) is 0.835. The highest BCUT2D eigenvalue weighted by Crippen LogP contribution is 2.25. The summed E-state index contributed by atoms with van der Waals surface area (Å²) < 4.78 is 0.916. The first kappa shape index (κ1) is 12.6. The molecule has 0 unspecified atom stereocenters. The van der Waals surface area contributed by atoms with Crippen molar-refractivity contribution in [1.82, 2.24) is 4.98 Å². The van der Waals surface area contributed by atoms with E-state index in [0.29, 0.717) is 0 Å². The number of aromatic nitrogens is 1. The van der Waals surface area contributed by atoms with Gasteiger partial charge < -0.3 is 4.98 Å². The molecule has 2 nitrogen and oxygen atoms in total. The van der Waals surface area contributed by atoms with Crippen molar-refractivity contribution in [3.63, 3.8) is 0 Å². The first-order valence-electron chi connectivity index (χ1n) is 5.25. The molecule has 0 fully saturated rings. The van der Waals surface area contributed by atoms with Crippen LogP contribution in [0.4, 0.5) is 0 Å². The number of alkyl halides is 1. The van der Waals surface area contributed by atoms with Crippen LogP contribution in [0.1, 0.15) is 5.56 Å². The standard InChI is InChI=1S/C13H11Br2NO/c14-7-6-10-8-11(15)12(16-13(10)17)9-4-2-1-3-5-9/h1-5,8H,6-7H2,(H,16,17). The van der Waals surface area contributed by atoms with E-state index < -0.39 is 0 Å². The normalized spacial score (nSPS) is 10.5. The maximum absolute atomic E-state index is 11.9. The molecule has 0 saturated carbocycles. The largest absolute Gasteiger partial charge is 0.321 e. The van der Waals surface area contributed by atoms with Gasteiger partial charge in [0.25, 0.3) is 5.56 Å². The maximum atomic E-state index is 11.9. The summed E-state index contributed by atoms with van der Waals surface area (Å²) in [4.78, 5) is 14.8. The smallest absolute Gasteiger partial charge is 0.251 e. The van der Waals surface area contributed by atoms with Crippen molar-refractivity contribution in [3.8, 4) is 11.3 Å². The molecule has 1 N–H and O–H groups in total. The first-order chi connectivity index (χ1) is 8.22. The van der Waals surface area contributed by atoms with Gasteiger partial charge in [-0.15, -0.1) is 0 Å². The molecule has 0 saturated heterocycles. The maximum Gasteiger partial charge on any atom is 0.251 e. The second-order valence-electron chi connectivity index (χ2n) is 3.65. The van der Waals surface area contributed by atoms with Gasteiger partial charge in [-0.05, 0) is 34.0 Å². The van der Waals surface area contributed by atoms with Gasteiger partial charge in [0, 0.05) is 15.4 Å². The SMILES string of the molecule is O=c1[nH]c(-c2ccccc2)c(Br)cc1CCBr. The van der Waals surface area contributed by atoms with E-state index in [1.807, 2.05) is 36.4 Å². The van der Waals surface area contributed by atoms with E-state index in [-0.39, 0.29) is 5.56 Å². The minimum atomic E-state index is -0.0218.